The number of aryl methyl sites for hydroxylation is 1. The van der Waals surface area contributed by atoms with Crippen molar-refractivity contribution in [2.24, 2.45) is 0 Å². The summed E-state index contributed by atoms with van der Waals surface area (Å²) in [6.07, 6.45) is 3.23. The second-order valence-electron chi connectivity index (χ2n) is 6.80. The van der Waals surface area contributed by atoms with E-state index in [1.54, 1.807) is 36.0 Å². The summed E-state index contributed by atoms with van der Waals surface area (Å²) in [5.41, 5.74) is 1.98. The molecule has 2 heterocycles. The van der Waals surface area contributed by atoms with Gasteiger partial charge in [-0.05, 0) is 36.8 Å². The predicted octanol–water partition coefficient (Wildman–Crippen LogP) is 4.85. The van der Waals surface area contributed by atoms with E-state index in [2.05, 4.69) is 15.6 Å². The second-order valence-corrected chi connectivity index (χ2v) is 7.23. The maximum Gasteiger partial charge on any atom is 0.278 e. The molecule has 0 saturated heterocycles. The average Bonchev–Trinajstić information content (AvgIpc) is 3.33. The van der Waals surface area contributed by atoms with Crippen LogP contribution in [-0.4, -0.2) is 20.8 Å². The number of nitrogens with zero attached hydrogens (tertiary/aromatic N) is 3. The number of para-hydroxylation sites is 1. The number of amides is 1. The van der Waals surface area contributed by atoms with Gasteiger partial charge in [0.05, 0.1) is 24.0 Å². The molecule has 0 spiro atoms. The van der Waals surface area contributed by atoms with Crippen LogP contribution in [0, 0.1) is 12.7 Å². The molecule has 0 unspecified atom stereocenters. The smallest absolute Gasteiger partial charge is 0.278 e. The van der Waals surface area contributed by atoms with Gasteiger partial charge in [0.25, 0.3) is 5.91 Å². The Kier molecular flexibility index (Phi) is 5.99. The number of halogens is 2. The third kappa shape index (κ3) is 4.92. The van der Waals surface area contributed by atoms with Crippen molar-refractivity contribution in [2.75, 3.05) is 5.32 Å². The maximum atomic E-state index is 13.8. The molecule has 0 atom stereocenters. The molecular formula is C22H18ClFN4O3. The van der Waals surface area contributed by atoms with E-state index in [-0.39, 0.29) is 18.1 Å². The second kappa shape index (κ2) is 9.01. The lowest BCUT2D eigenvalue weighted by Gasteiger charge is -2.07. The van der Waals surface area contributed by atoms with Gasteiger partial charge in [-0.15, -0.1) is 0 Å². The fraction of sp³-hybridized carbons (Fsp3) is 0.136. The van der Waals surface area contributed by atoms with E-state index < -0.39 is 11.7 Å². The highest BCUT2D eigenvalue weighted by atomic mass is 35.5. The summed E-state index contributed by atoms with van der Waals surface area (Å²) in [5.74, 6) is -0.476. The van der Waals surface area contributed by atoms with Crippen molar-refractivity contribution in [2.45, 2.75) is 20.1 Å². The lowest BCUT2D eigenvalue weighted by molar-refractivity contribution is 0.101. The Bertz CT molecular complexity index is 1220. The van der Waals surface area contributed by atoms with Crippen LogP contribution in [0.1, 0.15) is 27.4 Å². The molecule has 2 aromatic heterocycles. The molecule has 0 radical (unpaired) electrons. The van der Waals surface area contributed by atoms with Gasteiger partial charge in [0.1, 0.15) is 12.4 Å². The van der Waals surface area contributed by atoms with Crippen LogP contribution in [0.25, 0.3) is 0 Å². The van der Waals surface area contributed by atoms with Crippen molar-refractivity contribution < 1.29 is 18.4 Å². The normalized spacial score (nSPS) is 10.8. The topological polar surface area (TPSA) is 82.2 Å². The zero-order valence-electron chi connectivity index (χ0n) is 16.5. The van der Waals surface area contributed by atoms with Crippen molar-refractivity contribution in [3.63, 3.8) is 0 Å². The Morgan fingerprint density at radius 3 is 2.90 bits per heavy atom. The fourth-order valence-corrected chi connectivity index (χ4v) is 3.19. The first kappa shape index (κ1) is 20.6. The molecule has 31 heavy (non-hydrogen) atoms. The van der Waals surface area contributed by atoms with Crippen LogP contribution in [0.3, 0.4) is 0 Å². The molecule has 0 bridgehead atoms. The molecule has 9 heteroatoms. The maximum absolute atomic E-state index is 13.8. The largest absolute Gasteiger partial charge is 0.486 e. The van der Waals surface area contributed by atoms with Gasteiger partial charge in [0.2, 0.25) is 0 Å². The molecule has 0 aliphatic rings. The highest BCUT2D eigenvalue weighted by Crippen LogP contribution is 2.21. The average molecular weight is 441 g/mol. The Morgan fingerprint density at radius 1 is 1.26 bits per heavy atom. The summed E-state index contributed by atoms with van der Waals surface area (Å²) in [7, 11) is 0. The SMILES string of the molecule is Cc1onc(C(=O)Nc2cnn(Cc3cccc(Cl)c3)c2)c1COc1ccccc1F. The highest BCUT2D eigenvalue weighted by molar-refractivity contribution is 6.30. The molecule has 158 valence electrons. The van der Waals surface area contributed by atoms with Gasteiger partial charge in [-0.25, -0.2) is 4.39 Å². The predicted molar refractivity (Wildman–Crippen MR) is 113 cm³/mol. The number of aromatic nitrogens is 3. The molecule has 0 fully saturated rings. The fourth-order valence-electron chi connectivity index (χ4n) is 2.98. The molecule has 4 rings (SSSR count). The van der Waals surface area contributed by atoms with Gasteiger partial charge in [-0.1, -0.05) is 41.0 Å². The zero-order chi connectivity index (χ0) is 21.8. The monoisotopic (exact) mass is 440 g/mol. The van der Waals surface area contributed by atoms with E-state index in [0.717, 1.165) is 5.56 Å². The lowest BCUT2D eigenvalue weighted by Crippen LogP contribution is -2.15. The van der Waals surface area contributed by atoms with Crippen LogP contribution in [0.4, 0.5) is 10.1 Å². The molecule has 7 nitrogen and oxygen atoms in total. The van der Waals surface area contributed by atoms with E-state index in [9.17, 15) is 9.18 Å². The molecule has 0 saturated carbocycles. The van der Waals surface area contributed by atoms with Gasteiger partial charge in [-0.2, -0.15) is 5.10 Å². The minimum Gasteiger partial charge on any atom is -0.486 e. The molecule has 2 aromatic carbocycles. The van der Waals surface area contributed by atoms with E-state index in [1.807, 2.05) is 18.2 Å². The first-order chi connectivity index (χ1) is 15.0. The van der Waals surface area contributed by atoms with Crippen LogP contribution in [0.15, 0.2) is 65.4 Å². The lowest BCUT2D eigenvalue weighted by atomic mass is 10.2. The Labute approximate surface area is 182 Å². The summed E-state index contributed by atoms with van der Waals surface area (Å²) in [6, 6.07) is 13.5. The summed E-state index contributed by atoms with van der Waals surface area (Å²) in [6.45, 7) is 2.10. The number of nitrogens with one attached hydrogen (secondary N) is 1. The van der Waals surface area contributed by atoms with Crippen molar-refractivity contribution >= 4 is 23.2 Å². The first-order valence-corrected chi connectivity index (χ1v) is 9.78. The minimum absolute atomic E-state index is 0.0625. The van der Waals surface area contributed by atoms with Crippen LogP contribution in [0.2, 0.25) is 5.02 Å². The van der Waals surface area contributed by atoms with Crippen LogP contribution >= 0.6 is 11.6 Å². The number of anilines is 1. The molecule has 0 aliphatic carbocycles. The van der Waals surface area contributed by atoms with Crippen molar-refractivity contribution in [1.29, 1.82) is 0 Å². The molecule has 0 aliphatic heterocycles. The summed E-state index contributed by atoms with van der Waals surface area (Å²) < 4.78 is 26.1. The van der Waals surface area contributed by atoms with Crippen molar-refractivity contribution in [1.82, 2.24) is 14.9 Å². The van der Waals surface area contributed by atoms with E-state index in [0.29, 0.717) is 28.6 Å². The number of benzene rings is 2. The Morgan fingerprint density at radius 2 is 2.10 bits per heavy atom. The van der Waals surface area contributed by atoms with Gasteiger partial charge in [-0.3, -0.25) is 9.48 Å². The number of carbonyl (C=O) groups excluding carboxylic acids is 1. The van der Waals surface area contributed by atoms with Gasteiger partial charge in [0, 0.05) is 11.2 Å². The van der Waals surface area contributed by atoms with Gasteiger partial charge in [0.15, 0.2) is 17.3 Å². The number of carbonyl (C=O) groups is 1. The van der Waals surface area contributed by atoms with Crippen LogP contribution < -0.4 is 10.1 Å². The number of hydrogen-bond acceptors (Lipinski definition) is 5. The quantitative estimate of drug-likeness (QED) is 0.444. The van der Waals surface area contributed by atoms with E-state index in [4.69, 9.17) is 20.9 Å². The molecular weight excluding hydrogens is 423 g/mol. The van der Waals surface area contributed by atoms with Gasteiger partial charge < -0.3 is 14.6 Å². The van der Waals surface area contributed by atoms with E-state index >= 15 is 0 Å². The minimum atomic E-state index is -0.491. The summed E-state index contributed by atoms with van der Waals surface area (Å²) in [4.78, 5) is 12.7. The van der Waals surface area contributed by atoms with E-state index in [1.165, 1.54) is 18.3 Å². The summed E-state index contributed by atoms with van der Waals surface area (Å²) >= 11 is 6.01. The number of ether oxygens (including phenoxy) is 1. The molecule has 1 N–H and O–H groups in total. The highest BCUT2D eigenvalue weighted by Gasteiger charge is 2.21. The number of rotatable bonds is 7. The molecule has 1 amide bonds. The first-order valence-electron chi connectivity index (χ1n) is 9.40. The zero-order valence-corrected chi connectivity index (χ0v) is 17.3. The third-order valence-corrected chi connectivity index (χ3v) is 4.77. The van der Waals surface area contributed by atoms with Crippen molar-refractivity contribution in [3.05, 3.63) is 94.3 Å². The number of hydrogen-bond donors (Lipinski definition) is 1. The Balaban J connectivity index is 1.43. The Hall–Kier alpha value is -3.65. The van der Waals surface area contributed by atoms with Crippen LogP contribution in [-0.2, 0) is 13.2 Å². The van der Waals surface area contributed by atoms with Gasteiger partial charge >= 0.3 is 0 Å². The van der Waals surface area contributed by atoms with Crippen LogP contribution in [0.5, 0.6) is 5.75 Å². The third-order valence-electron chi connectivity index (χ3n) is 4.53. The van der Waals surface area contributed by atoms with Crippen molar-refractivity contribution in [3.8, 4) is 5.75 Å². The standard InChI is InChI=1S/C22H18ClFN4O3/c1-14-18(13-30-20-8-3-2-7-19(20)24)21(27-31-14)22(29)26-17-10-25-28(12-17)11-15-5-4-6-16(23)9-15/h2-10,12H,11,13H2,1H3,(H,26,29). The molecule has 4 aromatic rings. The summed E-state index contributed by atoms with van der Waals surface area (Å²) in [5, 5.41) is 11.5.